The minimum Gasteiger partial charge on any atom is -0.359 e. The van der Waals surface area contributed by atoms with Crippen LogP contribution >= 0.6 is 23.2 Å². The molecule has 78 valence electrons. The molecule has 0 spiro atoms. The van der Waals surface area contributed by atoms with Gasteiger partial charge < -0.3 is 10.1 Å². The summed E-state index contributed by atoms with van der Waals surface area (Å²) in [4.78, 5) is 10.7. The van der Waals surface area contributed by atoms with Crippen molar-refractivity contribution in [3.05, 3.63) is 0 Å². The molecule has 3 nitrogen and oxygen atoms in total. The standard InChI is InChI=1S/C8H15Cl2NO2/c1-8(2,3)7(12)11-6(13-4)5(9)10/h5-6H,1-4H3,(H,11,12). The predicted octanol–water partition coefficient (Wildman–Crippen LogP) is 1.92. The van der Waals surface area contributed by atoms with Crippen molar-refractivity contribution in [1.82, 2.24) is 5.32 Å². The van der Waals surface area contributed by atoms with Crippen LogP contribution in [0.1, 0.15) is 20.8 Å². The van der Waals surface area contributed by atoms with Gasteiger partial charge in [-0.25, -0.2) is 0 Å². The number of amides is 1. The lowest BCUT2D eigenvalue weighted by Gasteiger charge is -2.23. The van der Waals surface area contributed by atoms with E-state index in [0.717, 1.165) is 0 Å². The van der Waals surface area contributed by atoms with Crippen molar-refractivity contribution in [3.8, 4) is 0 Å². The molecule has 5 heteroatoms. The van der Waals surface area contributed by atoms with Crippen LogP contribution in [-0.4, -0.2) is 24.1 Å². The summed E-state index contributed by atoms with van der Waals surface area (Å²) in [5.41, 5.74) is -0.473. The lowest BCUT2D eigenvalue weighted by molar-refractivity contribution is -0.132. The zero-order valence-electron chi connectivity index (χ0n) is 8.23. The highest BCUT2D eigenvalue weighted by Crippen LogP contribution is 2.15. The van der Waals surface area contributed by atoms with E-state index < -0.39 is 16.5 Å². The summed E-state index contributed by atoms with van der Waals surface area (Å²) in [6, 6.07) is 0. The molecular weight excluding hydrogens is 213 g/mol. The fraction of sp³-hybridized carbons (Fsp3) is 0.875. The maximum absolute atomic E-state index is 11.4. The largest absolute Gasteiger partial charge is 0.359 e. The molecule has 0 saturated carbocycles. The second-order valence-electron chi connectivity index (χ2n) is 3.71. The minimum atomic E-state index is -0.767. The van der Waals surface area contributed by atoms with Crippen LogP contribution in [0.25, 0.3) is 0 Å². The number of hydrogen-bond acceptors (Lipinski definition) is 2. The molecule has 1 atom stereocenters. The van der Waals surface area contributed by atoms with Gasteiger partial charge in [-0.05, 0) is 0 Å². The Labute approximate surface area is 88.7 Å². The van der Waals surface area contributed by atoms with E-state index in [2.05, 4.69) is 5.32 Å². The molecule has 1 N–H and O–H groups in total. The topological polar surface area (TPSA) is 38.3 Å². The van der Waals surface area contributed by atoms with Gasteiger partial charge in [0.25, 0.3) is 0 Å². The summed E-state index contributed by atoms with van der Waals surface area (Å²) in [6.07, 6.45) is -0.657. The van der Waals surface area contributed by atoms with Crippen LogP contribution in [-0.2, 0) is 9.53 Å². The summed E-state index contributed by atoms with van der Waals surface area (Å²) in [5, 5.41) is 2.58. The molecular formula is C8H15Cl2NO2. The lowest BCUT2D eigenvalue weighted by Crippen LogP contribution is -2.45. The summed E-state index contributed by atoms with van der Waals surface area (Å²) >= 11 is 11.1. The third-order valence-electron chi connectivity index (χ3n) is 1.44. The van der Waals surface area contributed by atoms with E-state index in [1.54, 1.807) is 20.8 Å². The SMILES string of the molecule is COC(NC(=O)C(C)(C)C)C(Cl)Cl. The first-order valence-corrected chi connectivity index (χ1v) is 4.78. The van der Waals surface area contributed by atoms with Crippen LogP contribution in [0.4, 0.5) is 0 Å². The van der Waals surface area contributed by atoms with Gasteiger partial charge in [-0.1, -0.05) is 20.8 Å². The van der Waals surface area contributed by atoms with Crippen molar-refractivity contribution in [1.29, 1.82) is 0 Å². The Morgan fingerprint density at radius 3 is 2.08 bits per heavy atom. The van der Waals surface area contributed by atoms with E-state index >= 15 is 0 Å². The average molecular weight is 228 g/mol. The van der Waals surface area contributed by atoms with E-state index in [4.69, 9.17) is 27.9 Å². The third kappa shape index (κ3) is 4.69. The number of halogens is 2. The number of rotatable bonds is 3. The Bertz CT molecular complexity index is 177. The Morgan fingerprint density at radius 1 is 1.38 bits per heavy atom. The summed E-state index contributed by atoms with van der Waals surface area (Å²) in [5.74, 6) is -0.148. The fourth-order valence-electron chi connectivity index (χ4n) is 0.571. The van der Waals surface area contributed by atoms with Gasteiger partial charge in [0.2, 0.25) is 5.91 Å². The molecule has 0 radical (unpaired) electrons. The van der Waals surface area contributed by atoms with E-state index in [-0.39, 0.29) is 5.91 Å². The molecule has 0 aromatic carbocycles. The summed E-state index contributed by atoms with van der Waals surface area (Å²) in [7, 11) is 1.44. The molecule has 0 bridgehead atoms. The Kier molecular flexibility index (Phi) is 5.04. The molecule has 0 aliphatic carbocycles. The van der Waals surface area contributed by atoms with Gasteiger partial charge in [0, 0.05) is 12.5 Å². The van der Waals surface area contributed by atoms with Gasteiger partial charge in [0.1, 0.15) is 0 Å². The number of ether oxygens (including phenoxy) is 1. The molecule has 0 aromatic rings. The average Bonchev–Trinajstić information content (AvgIpc) is 1.96. The first kappa shape index (κ1) is 13.0. The van der Waals surface area contributed by atoms with Crippen LogP contribution in [0.2, 0.25) is 0 Å². The second kappa shape index (κ2) is 5.03. The van der Waals surface area contributed by atoms with E-state index in [9.17, 15) is 4.79 Å². The first-order valence-electron chi connectivity index (χ1n) is 3.91. The molecule has 1 unspecified atom stereocenters. The molecule has 13 heavy (non-hydrogen) atoms. The lowest BCUT2D eigenvalue weighted by atomic mass is 9.96. The van der Waals surface area contributed by atoms with Crippen molar-refractivity contribution in [2.24, 2.45) is 5.41 Å². The van der Waals surface area contributed by atoms with Gasteiger partial charge in [0.15, 0.2) is 11.1 Å². The highest BCUT2D eigenvalue weighted by atomic mass is 35.5. The van der Waals surface area contributed by atoms with Gasteiger partial charge >= 0.3 is 0 Å². The number of alkyl halides is 2. The Balaban J connectivity index is 4.18. The summed E-state index contributed by atoms with van der Waals surface area (Å²) < 4.78 is 4.88. The molecule has 0 saturated heterocycles. The van der Waals surface area contributed by atoms with Crippen LogP contribution < -0.4 is 5.32 Å². The number of carbonyl (C=O) groups is 1. The molecule has 0 rings (SSSR count). The smallest absolute Gasteiger partial charge is 0.227 e. The van der Waals surface area contributed by atoms with Gasteiger partial charge in [0.05, 0.1) is 0 Å². The van der Waals surface area contributed by atoms with E-state index in [1.807, 2.05) is 0 Å². The summed E-state index contributed by atoms with van der Waals surface area (Å²) in [6.45, 7) is 5.39. The number of hydrogen-bond donors (Lipinski definition) is 1. The molecule has 0 aromatic heterocycles. The second-order valence-corrected chi connectivity index (χ2v) is 4.88. The van der Waals surface area contributed by atoms with Gasteiger partial charge in [-0.15, -0.1) is 23.2 Å². The molecule has 0 fully saturated rings. The molecule has 0 heterocycles. The van der Waals surface area contributed by atoms with Crippen LogP contribution in [0.15, 0.2) is 0 Å². The van der Waals surface area contributed by atoms with Gasteiger partial charge in [-0.2, -0.15) is 0 Å². The van der Waals surface area contributed by atoms with E-state index in [0.29, 0.717) is 0 Å². The molecule has 0 aliphatic heterocycles. The zero-order chi connectivity index (χ0) is 10.6. The first-order chi connectivity index (χ1) is 5.79. The number of nitrogens with one attached hydrogen (secondary N) is 1. The monoisotopic (exact) mass is 227 g/mol. The normalized spacial score (nSPS) is 14.4. The number of methoxy groups -OCH3 is 1. The third-order valence-corrected chi connectivity index (χ3v) is 1.90. The molecule has 1 amide bonds. The predicted molar refractivity (Wildman–Crippen MR) is 53.9 cm³/mol. The maximum Gasteiger partial charge on any atom is 0.227 e. The van der Waals surface area contributed by atoms with Crippen molar-refractivity contribution in [2.45, 2.75) is 31.8 Å². The van der Waals surface area contributed by atoms with Crippen molar-refractivity contribution < 1.29 is 9.53 Å². The quantitative estimate of drug-likeness (QED) is 0.592. The van der Waals surface area contributed by atoms with Crippen molar-refractivity contribution in [3.63, 3.8) is 0 Å². The van der Waals surface area contributed by atoms with Crippen LogP contribution in [0, 0.1) is 5.41 Å². The van der Waals surface area contributed by atoms with Crippen LogP contribution in [0.3, 0.4) is 0 Å². The van der Waals surface area contributed by atoms with Crippen molar-refractivity contribution in [2.75, 3.05) is 7.11 Å². The minimum absolute atomic E-state index is 0.148. The number of carbonyl (C=O) groups excluding carboxylic acids is 1. The molecule has 0 aliphatic rings. The maximum atomic E-state index is 11.4. The highest BCUT2D eigenvalue weighted by Gasteiger charge is 2.26. The Hall–Kier alpha value is 0.01000. The van der Waals surface area contributed by atoms with Crippen LogP contribution in [0.5, 0.6) is 0 Å². The van der Waals surface area contributed by atoms with Crippen molar-refractivity contribution >= 4 is 29.1 Å². The highest BCUT2D eigenvalue weighted by molar-refractivity contribution is 6.44. The zero-order valence-corrected chi connectivity index (χ0v) is 9.74. The van der Waals surface area contributed by atoms with E-state index in [1.165, 1.54) is 7.11 Å². The fourth-order valence-corrected chi connectivity index (χ4v) is 0.902. The Morgan fingerprint density at radius 2 is 1.85 bits per heavy atom. The van der Waals surface area contributed by atoms with Gasteiger partial charge in [-0.3, -0.25) is 4.79 Å².